The molecule has 0 radical (unpaired) electrons. The van der Waals surface area contributed by atoms with Gasteiger partial charge in [-0.1, -0.05) is 18.2 Å². The van der Waals surface area contributed by atoms with Gasteiger partial charge in [0.2, 0.25) is 5.55 Å². The van der Waals surface area contributed by atoms with Crippen LogP contribution in [-0.2, 0) is 0 Å². The molecule has 1 atom stereocenters. The maximum atomic E-state index is 6.55. The number of methoxy groups -OCH3 is 1. The molecule has 9 nitrogen and oxygen atoms in total. The fraction of sp³-hybridized carbons (Fsp3) is 0.100. The van der Waals surface area contributed by atoms with Crippen molar-refractivity contribution in [3.05, 3.63) is 77.2 Å². The highest BCUT2D eigenvalue weighted by Crippen LogP contribution is 2.33. The number of nitrogens with zero attached hydrogens (tertiary/aromatic N) is 5. The number of aromatic amines is 1. The molecule has 3 N–H and O–H groups in total. The van der Waals surface area contributed by atoms with E-state index in [9.17, 15) is 0 Å². The number of nitrogens with two attached hydrogens (primary N) is 1. The predicted molar refractivity (Wildman–Crippen MR) is 105 cm³/mol. The van der Waals surface area contributed by atoms with Crippen LogP contribution in [0.1, 0.15) is 11.7 Å². The Balaban J connectivity index is 1.66. The molecule has 5 rings (SSSR count). The van der Waals surface area contributed by atoms with Crippen LogP contribution in [-0.4, -0.2) is 27.7 Å². The number of rotatable bonds is 4. The molecule has 1 aliphatic heterocycles. The van der Waals surface area contributed by atoms with Gasteiger partial charge in [-0.2, -0.15) is 0 Å². The van der Waals surface area contributed by atoms with Gasteiger partial charge in [-0.25, -0.2) is 10.1 Å². The van der Waals surface area contributed by atoms with Crippen LogP contribution in [0.25, 0.3) is 17.2 Å². The number of hydrogen-bond acceptors (Lipinski definition) is 8. The molecule has 0 saturated carbocycles. The van der Waals surface area contributed by atoms with Crippen molar-refractivity contribution in [2.75, 3.05) is 12.0 Å². The van der Waals surface area contributed by atoms with Crippen molar-refractivity contribution >= 4 is 11.5 Å². The first-order chi connectivity index (χ1) is 14.2. The lowest BCUT2D eigenvalue weighted by Gasteiger charge is -2.33. The van der Waals surface area contributed by atoms with Gasteiger partial charge in [-0.3, -0.25) is 0 Å². The van der Waals surface area contributed by atoms with Crippen LogP contribution in [0.2, 0.25) is 0 Å². The largest absolute Gasteiger partial charge is 0.497 e. The van der Waals surface area contributed by atoms with Crippen LogP contribution >= 0.6 is 0 Å². The Kier molecular flexibility index (Phi) is 3.98. The van der Waals surface area contributed by atoms with Crippen molar-refractivity contribution in [3.63, 3.8) is 0 Å². The molecule has 1 aliphatic rings. The van der Waals surface area contributed by atoms with Gasteiger partial charge < -0.3 is 19.8 Å². The zero-order valence-electron chi connectivity index (χ0n) is 15.5. The second-order valence-electron chi connectivity index (χ2n) is 6.47. The number of furan rings is 1. The molecule has 2 aromatic carbocycles. The summed E-state index contributed by atoms with van der Waals surface area (Å²) in [6, 6.07) is 17.3. The van der Waals surface area contributed by atoms with Gasteiger partial charge in [-0.15, -0.1) is 5.10 Å². The van der Waals surface area contributed by atoms with Gasteiger partial charge in [0.25, 0.3) is 0 Å². The van der Waals surface area contributed by atoms with E-state index < -0.39 is 6.17 Å². The molecule has 9 heteroatoms. The first-order valence-electron chi connectivity index (χ1n) is 8.93. The van der Waals surface area contributed by atoms with Crippen molar-refractivity contribution in [3.8, 4) is 17.1 Å². The molecule has 3 heterocycles. The van der Waals surface area contributed by atoms with Gasteiger partial charge >= 0.3 is 0 Å². The SMILES string of the molecule is COc1ccc(N2C(N)=c3ccoc3=NC2c2cccc(-c3nnn[nH]3)c2)cc1. The third-order valence-electron chi connectivity index (χ3n) is 4.82. The quantitative estimate of drug-likeness (QED) is 0.542. The van der Waals surface area contributed by atoms with E-state index >= 15 is 0 Å². The Labute approximate surface area is 165 Å². The van der Waals surface area contributed by atoms with E-state index in [1.54, 1.807) is 13.4 Å². The minimum Gasteiger partial charge on any atom is -0.497 e. The molecule has 4 aromatic rings. The summed E-state index contributed by atoms with van der Waals surface area (Å²) in [6.07, 6.45) is 1.17. The Morgan fingerprint density at radius 2 is 2.00 bits per heavy atom. The van der Waals surface area contributed by atoms with Crippen molar-refractivity contribution in [1.29, 1.82) is 0 Å². The highest BCUT2D eigenvalue weighted by Gasteiger charge is 2.27. The average Bonchev–Trinajstić information content (AvgIpc) is 3.46. The second kappa shape index (κ2) is 6.79. The molecule has 144 valence electrons. The number of anilines is 1. The lowest BCUT2D eigenvalue weighted by molar-refractivity contribution is 0.415. The molecule has 0 saturated heterocycles. The number of aromatic nitrogens is 4. The van der Waals surface area contributed by atoms with Crippen molar-refractivity contribution in [2.45, 2.75) is 6.17 Å². The maximum Gasteiger partial charge on any atom is 0.227 e. The minimum absolute atomic E-state index is 0.419. The fourth-order valence-electron chi connectivity index (χ4n) is 3.40. The zero-order valence-corrected chi connectivity index (χ0v) is 15.5. The minimum atomic E-state index is -0.419. The molecule has 2 aromatic heterocycles. The van der Waals surface area contributed by atoms with E-state index in [-0.39, 0.29) is 0 Å². The number of hydrogen-bond donors (Lipinski definition) is 2. The second-order valence-corrected chi connectivity index (χ2v) is 6.47. The maximum absolute atomic E-state index is 6.55. The predicted octanol–water partition coefficient (Wildman–Crippen LogP) is 1.33. The van der Waals surface area contributed by atoms with E-state index in [0.717, 1.165) is 27.8 Å². The molecule has 1 unspecified atom stereocenters. The summed E-state index contributed by atoms with van der Waals surface area (Å²) < 4.78 is 10.8. The van der Waals surface area contributed by atoms with Gasteiger partial charge in [0.1, 0.15) is 11.6 Å². The van der Waals surface area contributed by atoms with Gasteiger partial charge in [0.05, 0.1) is 18.6 Å². The average molecular weight is 387 g/mol. The highest BCUT2D eigenvalue weighted by molar-refractivity contribution is 5.69. The highest BCUT2D eigenvalue weighted by atomic mass is 16.5. The summed E-state index contributed by atoms with van der Waals surface area (Å²) in [4.78, 5) is 6.78. The van der Waals surface area contributed by atoms with Crippen LogP contribution in [0, 0.1) is 0 Å². The molecule has 29 heavy (non-hydrogen) atoms. The third kappa shape index (κ3) is 2.89. The van der Waals surface area contributed by atoms with E-state index in [1.807, 2.05) is 59.5 Å². The van der Waals surface area contributed by atoms with E-state index in [4.69, 9.17) is 19.9 Å². The summed E-state index contributed by atoms with van der Waals surface area (Å²) in [6.45, 7) is 0. The summed E-state index contributed by atoms with van der Waals surface area (Å²) >= 11 is 0. The lowest BCUT2D eigenvalue weighted by atomic mass is 10.1. The number of fused-ring (bicyclic) bond motifs is 1. The van der Waals surface area contributed by atoms with Gasteiger partial charge in [0, 0.05) is 11.3 Å². The Morgan fingerprint density at radius 1 is 1.14 bits per heavy atom. The number of ether oxygens (including phenoxy) is 1. The third-order valence-corrected chi connectivity index (χ3v) is 4.82. The van der Waals surface area contributed by atoms with E-state index in [2.05, 4.69) is 20.6 Å². The topological polar surface area (TPSA) is 118 Å². The Hall–Kier alpha value is -4.14. The number of nitrogens with one attached hydrogen (secondary N) is 1. The molecule has 0 spiro atoms. The number of H-pyrrole nitrogens is 1. The van der Waals surface area contributed by atoms with Gasteiger partial charge in [0.15, 0.2) is 12.0 Å². The molecule has 0 amide bonds. The molecular formula is C20H17N7O2. The summed E-state index contributed by atoms with van der Waals surface area (Å²) in [5.41, 5.74) is 9.70. The molecule has 0 aliphatic carbocycles. The number of tetrazole rings is 1. The molecule has 0 fully saturated rings. The molecular weight excluding hydrogens is 370 g/mol. The Bertz CT molecular complexity index is 1260. The first-order valence-corrected chi connectivity index (χ1v) is 8.93. The van der Waals surface area contributed by atoms with Crippen LogP contribution < -0.4 is 26.1 Å². The normalized spacial score (nSPS) is 15.7. The van der Waals surface area contributed by atoms with E-state index in [0.29, 0.717) is 17.2 Å². The summed E-state index contributed by atoms with van der Waals surface area (Å²) in [7, 11) is 1.64. The molecule has 0 bridgehead atoms. The summed E-state index contributed by atoms with van der Waals surface area (Å²) in [5, 5.41) is 14.8. The van der Waals surface area contributed by atoms with Crippen molar-refractivity contribution < 1.29 is 9.15 Å². The smallest absolute Gasteiger partial charge is 0.227 e. The van der Waals surface area contributed by atoms with Crippen LogP contribution in [0.15, 0.2) is 70.3 Å². The fourth-order valence-corrected chi connectivity index (χ4v) is 3.40. The number of benzene rings is 2. The van der Waals surface area contributed by atoms with Gasteiger partial charge in [-0.05, 0) is 52.4 Å². The lowest BCUT2D eigenvalue weighted by Crippen LogP contribution is -2.43. The van der Waals surface area contributed by atoms with Crippen molar-refractivity contribution in [1.82, 2.24) is 20.6 Å². The van der Waals surface area contributed by atoms with Crippen LogP contribution in [0.3, 0.4) is 0 Å². The van der Waals surface area contributed by atoms with Crippen molar-refractivity contribution in [2.24, 2.45) is 10.7 Å². The zero-order chi connectivity index (χ0) is 19.8. The summed E-state index contributed by atoms with van der Waals surface area (Å²) in [5.74, 6) is 1.90. The van der Waals surface area contributed by atoms with E-state index in [1.165, 1.54) is 0 Å². The standard InChI is InChI=1S/C20H17N7O2/c1-28-15-7-5-14(6-8-15)27-17(21)16-9-10-29-20(16)22-19(27)13-4-2-3-12(11-13)18-23-25-26-24-18/h2-11,19H,21H2,1H3,(H,23,24,25,26). The monoisotopic (exact) mass is 387 g/mol. The Morgan fingerprint density at radius 3 is 2.76 bits per heavy atom. The van der Waals surface area contributed by atoms with Crippen LogP contribution in [0.5, 0.6) is 5.75 Å². The first kappa shape index (κ1) is 17.0. The van der Waals surface area contributed by atoms with Crippen LogP contribution in [0.4, 0.5) is 5.69 Å².